The van der Waals surface area contributed by atoms with Crippen molar-refractivity contribution in [3.8, 4) is 11.1 Å². The largest absolute Gasteiger partial charge is 0.0654 e. The zero-order chi connectivity index (χ0) is 56.0. The van der Waals surface area contributed by atoms with E-state index in [0.29, 0.717) is 0 Å². The number of benzene rings is 7. The Balaban J connectivity index is 0.000000251. The van der Waals surface area contributed by atoms with Gasteiger partial charge in [0.1, 0.15) is 0 Å². The molecule has 0 bridgehead atoms. The minimum atomic E-state index is 0.234. The van der Waals surface area contributed by atoms with Crippen LogP contribution in [0.2, 0.25) is 0 Å². The highest BCUT2D eigenvalue weighted by molar-refractivity contribution is 5.94. The lowest BCUT2D eigenvalue weighted by Gasteiger charge is -2.33. The molecule has 0 heterocycles. The number of hydrogen-bond acceptors (Lipinski definition) is 0. The van der Waals surface area contributed by atoms with Crippen LogP contribution >= 0.6 is 0 Å². The quantitative estimate of drug-likeness (QED) is 0.0339. The van der Waals surface area contributed by atoms with E-state index in [9.17, 15) is 0 Å². The third-order valence-electron chi connectivity index (χ3n) is 17.2. The van der Waals surface area contributed by atoms with Gasteiger partial charge in [-0.3, -0.25) is 0 Å². The van der Waals surface area contributed by atoms with Gasteiger partial charge < -0.3 is 0 Å². The maximum absolute atomic E-state index is 2.53. The van der Waals surface area contributed by atoms with Crippen LogP contribution < -0.4 is 0 Å². The Morgan fingerprint density at radius 2 is 0.810 bits per heavy atom. The molecule has 0 aliphatic heterocycles. The van der Waals surface area contributed by atoms with E-state index in [2.05, 4.69) is 239 Å². The van der Waals surface area contributed by atoms with Crippen molar-refractivity contribution in [3.63, 3.8) is 0 Å². The first-order chi connectivity index (χ1) is 38.4. The normalized spacial score (nSPS) is 13.3. The average molecular weight is 1050 g/mol. The van der Waals surface area contributed by atoms with Crippen molar-refractivity contribution < 1.29 is 0 Å². The zero-order valence-electron chi connectivity index (χ0n) is 51.0. The van der Waals surface area contributed by atoms with Gasteiger partial charge in [-0.15, -0.1) is 0 Å². The van der Waals surface area contributed by atoms with Crippen LogP contribution in [-0.4, -0.2) is 0 Å². The van der Waals surface area contributed by atoms with Crippen molar-refractivity contribution in [2.75, 3.05) is 0 Å². The second-order valence-corrected chi connectivity index (χ2v) is 24.5. The fourth-order valence-electron chi connectivity index (χ4n) is 12.4. The summed E-state index contributed by atoms with van der Waals surface area (Å²) in [6, 6.07) is 59.1. The van der Waals surface area contributed by atoms with Gasteiger partial charge in [0.25, 0.3) is 0 Å². The molecule has 0 spiro atoms. The number of unbranched alkanes of at least 4 members (excludes halogenated alkanes) is 10. The molecule has 1 unspecified atom stereocenters. The lowest BCUT2D eigenvalue weighted by atomic mass is 9.70. The SMILES string of the molecule is CCCCCCCCC1(CCCCCCCC)c2cc(C)ccc2-c2ccc(C)cc21.Cc1ccc(C(=Cc2cc(CCCC(C)CCCC(C)C)c(C=C(c3ccccc3)c3ccc(C)cc3)cc2C)c2ccccc2)cc1. The summed E-state index contributed by atoms with van der Waals surface area (Å²) in [5.74, 6) is 1.55. The first-order valence-corrected chi connectivity index (χ1v) is 31.4. The Bertz CT molecular complexity index is 2910. The molecule has 7 aromatic rings. The van der Waals surface area contributed by atoms with E-state index in [-0.39, 0.29) is 5.41 Å². The summed E-state index contributed by atoms with van der Waals surface area (Å²) in [6.45, 7) is 22.9. The molecule has 0 amide bonds. The number of fused-ring (bicyclic) bond motifs is 3. The smallest absolute Gasteiger partial charge is 0.0215 e. The minimum Gasteiger partial charge on any atom is -0.0654 e. The summed E-state index contributed by atoms with van der Waals surface area (Å²) in [7, 11) is 0. The molecule has 1 aliphatic rings. The molecule has 0 nitrogen and oxygen atoms in total. The Kier molecular flexibility index (Phi) is 23.9. The van der Waals surface area contributed by atoms with Crippen LogP contribution in [0.4, 0.5) is 0 Å². The maximum Gasteiger partial charge on any atom is 0.0215 e. The van der Waals surface area contributed by atoms with Crippen molar-refractivity contribution in [1.82, 2.24) is 0 Å². The lowest BCUT2D eigenvalue weighted by molar-refractivity contribution is 0.397. The lowest BCUT2D eigenvalue weighted by Crippen LogP contribution is -2.25. The molecule has 0 saturated heterocycles. The molecule has 416 valence electrons. The van der Waals surface area contributed by atoms with Crippen molar-refractivity contribution in [2.45, 2.75) is 203 Å². The van der Waals surface area contributed by atoms with Crippen LogP contribution in [-0.2, 0) is 11.8 Å². The second-order valence-electron chi connectivity index (χ2n) is 24.5. The van der Waals surface area contributed by atoms with Crippen molar-refractivity contribution in [3.05, 3.63) is 236 Å². The summed E-state index contributed by atoms with van der Waals surface area (Å²) in [4.78, 5) is 0. The van der Waals surface area contributed by atoms with Crippen LogP contribution in [0.25, 0.3) is 34.4 Å². The molecule has 7 aromatic carbocycles. The Morgan fingerprint density at radius 1 is 0.392 bits per heavy atom. The molecule has 1 aliphatic carbocycles. The highest BCUT2D eigenvalue weighted by Crippen LogP contribution is 2.54. The molecule has 0 saturated carbocycles. The van der Waals surface area contributed by atoms with Crippen LogP contribution in [0.1, 0.15) is 235 Å². The third-order valence-corrected chi connectivity index (χ3v) is 17.2. The van der Waals surface area contributed by atoms with E-state index in [1.807, 2.05) is 0 Å². The molecule has 0 radical (unpaired) electrons. The highest BCUT2D eigenvalue weighted by Gasteiger charge is 2.42. The van der Waals surface area contributed by atoms with Crippen LogP contribution in [0, 0.1) is 46.5 Å². The number of aryl methyl sites for hydroxylation is 6. The monoisotopic (exact) mass is 1050 g/mol. The molecule has 0 heteroatoms. The molecular formula is C79H100. The zero-order valence-corrected chi connectivity index (χ0v) is 51.0. The third kappa shape index (κ3) is 17.5. The minimum absolute atomic E-state index is 0.234. The summed E-state index contributed by atoms with van der Waals surface area (Å²) in [6.07, 6.45) is 31.6. The summed E-state index contributed by atoms with van der Waals surface area (Å²) >= 11 is 0. The van der Waals surface area contributed by atoms with Gasteiger partial charge in [0, 0.05) is 5.41 Å². The standard InChI is InChI=1S/C48H54.C31H46/c1-35(2)15-13-16-36(3)17-14-22-44-32-45(33-47(40-18-9-7-10-19-40)42-27-23-37(4)24-28-42)39(6)31-46(44)34-48(41-20-11-8-12-21-41)43-29-25-38(5)26-30-43;1-5-7-9-11-13-15-21-31(22-16-14-12-10-8-6-2)29-23-25(3)17-19-27(29)28-20-18-26(4)24-30(28)31/h7-12,18-21,23-36H,13-17,22H2,1-6H3;17-20,23-24H,5-16,21-22H2,1-4H3. The van der Waals surface area contributed by atoms with E-state index in [4.69, 9.17) is 0 Å². The first-order valence-electron chi connectivity index (χ1n) is 31.4. The van der Waals surface area contributed by atoms with Gasteiger partial charge in [0.05, 0.1) is 0 Å². The Labute approximate surface area is 482 Å². The highest BCUT2D eigenvalue weighted by atomic mass is 14.4. The molecule has 0 aromatic heterocycles. The number of rotatable bonds is 28. The van der Waals surface area contributed by atoms with Crippen LogP contribution in [0.3, 0.4) is 0 Å². The first kappa shape index (κ1) is 60.7. The summed E-state index contributed by atoms with van der Waals surface area (Å²) < 4.78 is 0. The van der Waals surface area contributed by atoms with Gasteiger partial charge in [-0.1, -0.05) is 317 Å². The second kappa shape index (κ2) is 31.1. The van der Waals surface area contributed by atoms with Crippen molar-refractivity contribution >= 4 is 23.3 Å². The fourth-order valence-corrected chi connectivity index (χ4v) is 12.4. The van der Waals surface area contributed by atoms with Gasteiger partial charge in [0.2, 0.25) is 0 Å². The van der Waals surface area contributed by atoms with E-state index in [0.717, 1.165) is 18.3 Å². The van der Waals surface area contributed by atoms with E-state index in [1.54, 1.807) is 11.1 Å². The molecule has 0 fully saturated rings. The number of hydrogen-bond donors (Lipinski definition) is 0. The molecule has 1 atom stereocenters. The van der Waals surface area contributed by atoms with Gasteiger partial charge in [0.15, 0.2) is 0 Å². The predicted molar refractivity (Wildman–Crippen MR) is 349 cm³/mol. The van der Waals surface area contributed by atoms with E-state index in [1.165, 1.54) is 211 Å². The van der Waals surface area contributed by atoms with Crippen LogP contribution in [0.5, 0.6) is 0 Å². The van der Waals surface area contributed by atoms with Crippen molar-refractivity contribution in [2.24, 2.45) is 11.8 Å². The average Bonchev–Trinajstić information content (AvgIpc) is 3.63. The molecular weight excluding hydrogens is 949 g/mol. The van der Waals surface area contributed by atoms with E-state index >= 15 is 0 Å². The summed E-state index contributed by atoms with van der Waals surface area (Å²) in [5.41, 5.74) is 24.8. The fraction of sp³-hybridized carbons (Fsp3) is 0.418. The van der Waals surface area contributed by atoms with E-state index < -0.39 is 0 Å². The predicted octanol–water partition coefficient (Wildman–Crippen LogP) is 23.6. The molecule has 79 heavy (non-hydrogen) atoms. The van der Waals surface area contributed by atoms with Gasteiger partial charge in [-0.25, -0.2) is 0 Å². The molecule has 0 N–H and O–H groups in total. The van der Waals surface area contributed by atoms with Crippen molar-refractivity contribution in [1.29, 1.82) is 0 Å². The topological polar surface area (TPSA) is 0 Å². The molecule has 8 rings (SSSR count). The van der Waals surface area contributed by atoms with Gasteiger partial charge >= 0.3 is 0 Å². The maximum atomic E-state index is 2.53. The van der Waals surface area contributed by atoms with Crippen LogP contribution in [0.15, 0.2) is 158 Å². The van der Waals surface area contributed by atoms with Gasteiger partial charge in [-0.05, 0) is 162 Å². The Hall–Kier alpha value is -5.98. The Morgan fingerprint density at radius 3 is 1.28 bits per heavy atom. The summed E-state index contributed by atoms with van der Waals surface area (Å²) in [5, 5.41) is 0. The van der Waals surface area contributed by atoms with Gasteiger partial charge in [-0.2, -0.15) is 0 Å².